The van der Waals surface area contributed by atoms with Crippen LogP contribution in [0.2, 0.25) is 0 Å². The Labute approximate surface area is 159 Å². The van der Waals surface area contributed by atoms with Crippen LogP contribution in [0.4, 0.5) is 5.69 Å². The van der Waals surface area contributed by atoms with E-state index in [9.17, 15) is 9.59 Å². The number of unbranched alkanes of at least 4 members (excludes halogenated alkanes) is 3. The van der Waals surface area contributed by atoms with Gasteiger partial charge in [0.05, 0.1) is 42.2 Å². The van der Waals surface area contributed by atoms with Gasteiger partial charge < -0.3 is 24.7 Å². The van der Waals surface area contributed by atoms with Crippen molar-refractivity contribution in [3.63, 3.8) is 0 Å². The number of hydrogen-bond acceptors (Lipinski definition) is 7. The van der Waals surface area contributed by atoms with Crippen LogP contribution < -0.4 is 15.2 Å². The maximum Gasteiger partial charge on any atom is 0.340 e. The van der Waals surface area contributed by atoms with Gasteiger partial charge in [-0.3, -0.25) is 4.79 Å². The second kappa shape index (κ2) is 12.0. The number of methoxy groups -OCH3 is 1. The minimum Gasteiger partial charge on any atom is -0.493 e. The molecule has 0 bridgehead atoms. The molecule has 0 radical (unpaired) electrons. The summed E-state index contributed by atoms with van der Waals surface area (Å²) < 4.78 is 42.2. The Morgan fingerprint density at radius 2 is 1.77 bits per heavy atom. The smallest absolute Gasteiger partial charge is 0.340 e. The van der Waals surface area contributed by atoms with Crippen molar-refractivity contribution in [2.45, 2.75) is 46.0 Å². The van der Waals surface area contributed by atoms with E-state index >= 15 is 0 Å². The second-order valence-corrected chi connectivity index (χ2v) is 5.53. The van der Waals surface area contributed by atoms with E-state index in [2.05, 4.69) is 0 Å². The number of anilines is 1. The van der Waals surface area contributed by atoms with E-state index in [0.29, 0.717) is 19.4 Å². The Morgan fingerprint density at radius 3 is 2.46 bits per heavy atom. The molecule has 0 heterocycles. The van der Waals surface area contributed by atoms with Gasteiger partial charge in [0.15, 0.2) is 11.5 Å². The average molecular weight is 370 g/mol. The summed E-state index contributed by atoms with van der Waals surface area (Å²) in [6.07, 6.45) is 3.42. The molecule has 0 amide bonds. The summed E-state index contributed by atoms with van der Waals surface area (Å²) in [4.78, 5) is 23.3. The molecule has 0 spiro atoms. The van der Waals surface area contributed by atoms with Crippen LogP contribution in [0.25, 0.3) is 0 Å². The zero-order valence-electron chi connectivity index (χ0n) is 18.3. The molecule has 0 fully saturated rings. The first-order valence-corrected chi connectivity index (χ1v) is 8.76. The van der Waals surface area contributed by atoms with Crippen LogP contribution in [0.3, 0.4) is 0 Å². The Balaban J connectivity index is 2.67. The molecule has 7 nitrogen and oxygen atoms in total. The van der Waals surface area contributed by atoms with Crippen LogP contribution in [-0.4, -0.2) is 38.8 Å². The Kier molecular flexibility index (Phi) is 7.85. The molecule has 26 heavy (non-hydrogen) atoms. The van der Waals surface area contributed by atoms with Crippen molar-refractivity contribution in [1.29, 1.82) is 0 Å². The minimum atomic E-state index is -2.69. The van der Waals surface area contributed by atoms with Crippen molar-refractivity contribution in [3.8, 4) is 11.5 Å². The standard InChI is InChI=1S/C19H29NO6/c1-4-24-18(21)10-8-6-7-9-11-26-17-12-14(19(22)25-5-2)15(20)13-16(17)23-3/h12-13H,4-11,20H2,1-3H3/i3D3. The summed E-state index contributed by atoms with van der Waals surface area (Å²) >= 11 is 0. The molecule has 0 unspecified atom stereocenters. The number of nitrogen functional groups attached to an aromatic ring is 1. The van der Waals surface area contributed by atoms with Gasteiger partial charge in [-0.25, -0.2) is 4.79 Å². The highest BCUT2D eigenvalue weighted by Gasteiger charge is 2.16. The third-order valence-electron chi connectivity index (χ3n) is 3.56. The number of hydrogen-bond donors (Lipinski definition) is 1. The van der Waals surface area contributed by atoms with Crippen LogP contribution in [0.1, 0.15) is 60.4 Å². The third-order valence-corrected chi connectivity index (χ3v) is 3.56. The first-order chi connectivity index (χ1) is 13.7. The van der Waals surface area contributed by atoms with Gasteiger partial charge in [-0.15, -0.1) is 0 Å². The van der Waals surface area contributed by atoms with Crippen molar-refractivity contribution in [1.82, 2.24) is 0 Å². The van der Waals surface area contributed by atoms with E-state index in [-0.39, 0.29) is 41.9 Å². The number of carbonyl (C=O) groups is 2. The van der Waals surface area contributed by atoms with Gasteiger partial charge in [0.1, 0.15) is 0 Å². The number of rotatable bonds is 12. The lowest BCUT2D eigenvalue weighted by atomic mass is 10.1. The molecule has 1 rings (SSSR count). The zero-order chi connectivity index (χ0) is 21.9. The third kappa shape index (κ3) is 7.21. The largest absolute Gasteiger partial charge is 0.493 e. The number of ether oxygens (including phenoxy) is 4. The van der Waals surface area contributed by atoms with Crippen molar-refractivity contribution in [2.75, 3.05) is 32.6 Å². The molecule has 0 aliphatic heterocycles. The van der Waals surface area contributed by atoms with Gasteiger partial charge in [-0.2, -0.15) is 0 Å². The topological polar surface area (TPSA) is 97.1 Å². The van der Waals surface area contributed by atoms with Gasteiger partial charge in [0, 0.05) is 18.6 Å². The lowest BCUT2D eigenvalue weighted by Crippen LogP contribution is -2.09. The fraction of sp³-hybridized carbons (Fsp3) is 0.579. The van der Waals surface area contributed by atoms with E-state index < -0.39 is 13.0 Å². The van der Waals surface area contributed by atoms with E-state index in [1.165, 1.54) is 12.1 Å². The van der Waals surface area contributed by atoms with Crippen LogP contribution in [-0.2, 0) is 14.3 Å². The SMILES string of the molecule is [2H]C([2H])([2H])Oc1cc(N)c(C(=O)OCC)cc1OCCCCCCC(=O)OCC. The predicted octanol–water partition coefficient (Wildman–Crippen LogP) is 3.35. The lowest BCUT2D eigenvalue weighted by Gasteiger charge is -2.14. The molecule has 0 aliphatic rings. The van der Waals surface area contributed by atoms with Crippen molar-refractivity contribution in [3.05, 3.63) is 17.7 Å². The van der Waals surface area contributed by atoms with Gasteiger partial charge in [-0.1, -0.05) is 12.8 Å². The van der Waals surface area contributed by atoms with Crippen LogP contribution >= 0.6 is 0 Å². The molecule has 146 valence electrons. The van der Waals surface area contributed by atoms with Gasteiger partial charge >= 0.3 is 11.9 Å². The molecular weight excluding hydrogens is 338 g/mol. The van der Waals surface area contributed by atoms with E-state index in [1.807, 2.05) is 0 Å². The maximum absolute atomic E-state index is 12.0. The first kappa shape index (κ1) is 17.0. The molecule has 0 saturated heterocycles. The van der Waals surface area contributed by atoms with Crippen molar-refractivity contribution in [2.24, 2.45) is 0 Å². The molecule has 1 aromatic carbocycles. The van der Waals surface area contributed by atoms with Crippen molar-refractivity contribution < 1.29 is 32.6 Å². The molecule has 0 saturated carbocycles. The first-order valence-electron chi connectivity index (χ1n) is 10.3. The fourth-order valence-corrected chi connectivity index (χ4v) is 2.29. The molecule has 2 N–H and O–H groups in total. The fourth-order valence-electron chi connectivity index (χ4n) is 2.29. The number of benzene rings is 1. The minimum absolute atomic E-state index is 0.0361. The van der Waals surface area contributed by atoms with E-state index in [1.54, 1.807) is 13.8 Å². The zero-order valence-corrected chi connectivity index (χ0v) is 15.3. The summed E-state index contributed by atoms with van der Waals surface area (Å²) in [5.74, 6) is -0.805. The number of esters is 2. The monoisotopic (exact) mass is 370 g/mol. The molecule has 7 heteroatoms. The summed E-state index contributed by atoms with van der Waals surface area (Å²) in [6.45, 7) is 4.27. The highest BCUT2D eigenvalue weighted by atomic mass is 16.5. The average Bonchev–Trinajstić information content (AvgIpc) is 2.61. The van der Waals surface area contributed by atoms with Crippen LogP contribution in [0.5, 0.6) is 11.5 Å². The molecule has 1 aromatic rings. The van der Waals surface area contributed by atoms with E-state index in [0.717, 1.165) is 19.3 Å². The summed E-state index contributed by atoms with van der Waals surface area (Å²) in [5, 5.41) is 0. The normalized spacial score (nSPS) is 12.5. The molecule has 0 atom stereocenters. The quantitative estimate of drug-likeness (QED) is 0.342. The number of nitrogens with two attached hydrogens (primary N) is 1. The van der Waals surface area contributed by atoms with Crippen LogP contribution in [0, 0.1) is 0 Å². The predicted molar refractivity (Wildman–Crippen MR) is 98.6 cm³/mol. The number of carbonyl (C=O) groups excluding carboxylic acids is 2. The summed E-state index contributed by atoms with van der Waals surface area (Å²) in [6, 6.07) is 2.57. The molecule has 0 aliphatic carbocycles. The lowest BCUT2D eigenvalue weighted by molar-refractivity contribution is -0.143. The Bertz CT molecular complexity index is 679. The van der Waals surface area contributed by atoms with Gasteiger partial charge in [0.2, 0.25) is 0 Å². The Morgan fingerprint density at radius 1 is 1.04 bits per heavy atom. The summed E-state index contributed by atoms with van der Waals surface area (Å²) in [5.41, 5.74) is 5.95. The highest BCUT2D eigenvalue weighted by Crippen LogP contribution is 2.32. The summed E-state index contributed by atoms with van der Waals surface area (Å²) in [7, 11) is -2.69. The van der Waals surface area contributed by atoms with Gasteiger partial charge in [-0.05, 0) is 26.7 Å². The molecular formula is C19H29NO6. The van der Waals surface area contributed by atoms with Crippen LogP contribution in [0.15, 0.2) is 12.1 Å². The molecule has 0 aromatic heterocycles. The van der Waals surface area contributed by atoms with Crippen molar-refractivity contribution >= 4 is 17.6 Å². The van der Waals surface area contributed by atoms with Gasteiger partial charge in [0.25, 0.3) is 0 Å². The Hall–Kier alpha value is -2.44. The second-order valence-electron chi connectivity index (χ2n) is 5.53. The maximum atomic E-state index is 12.0. The van der Waals surface area contributed by atoms with E-state index in [4.69, 9.17) is 28.8 Å². The highest BCUT2D eigenvalue weighted by molar-refractivity contribution is 5.96.